The summed E-state index contributed by atoms with van der Waals surface area (Å²) in [5.41, 5.74) is 5.65. The first-order valence-electron chi connectivity index (χ1n) is 5.48. The highest BCUT2D eigenvalue weighted by Gasteiger charge is 2.38. The van der Waals surface area contributed by atoms with Crippen LogP contribution in [0.25, 0.3) is 0 Å². The lowest BCUT2D eigenvalue weighted by atomic mass is 9.91. The third-order valence-electron chi connectivity index (χ3n) is 2.88. The number of halogens is 3. The monoisotopic (exact) mass is 261 g/mol. The lowest BCUT2D eigenvalue weighted by Gasteiger charge is -2.18. The van der Waals surface area contributed by atoms with Gasteiger partial charge < -0.3 is 5.73 Å². The van der Waals surface area contributed by atoms with Gasteiger partial charge in [-0.25, -0.2) is 0 Å². The van der Waals surface area contributed by atoms with E-state index < -0.39 is 11.7 Å². The Hall–Kier alpha value is -0.680. The van der Waals surface area contributed by atoms with Crippen molar-refractivity contribution in [2.24, 2.45) is 5.73 Å². The van der Waals surface area contributed by atoms with Crippen LogP contribution in [0.15, 0.2) is 23.1 Å². The van der Waals surface area contributed by atoms with Crippen molar-refractivity contribution >= 4 is 11.8 Å². The summed E-state index contributed by atoms with van der Waals surface area (Å²) in [4.78, 5) is 0.755. The van der Waals surface area contributed by atoms with Crippen LogP contribution in [0.3, 0.4) is 0 Å². The fraction of sp³-hybridized carbons (Fsp3) is 0.500. The first kappa shape index (κ1) is 12.8. The Bertz CT molecular complexity index is 415. The van der Waals surface area contributed by atoms with Crippen molar-refractivity contribution in [3.05, 3.63) is 29.3 Å². The van der Waals surface area contributed by atoms with E-state index in [-0.39, 0.29) is 12.0 Å². The summed E-state index contributed by atoms with van der Waals surface area (Å²) in [5.74, 6) is 0.622. The second-order valence-corrected chi connectivity index (χ2v) is 5.50. The molecule has 0 spiro atoms. The summed E-state index contributed by atoms with van der Waals surface area (Å²) in [6, 6.07) is 4.32. The van der Waals surface area contributed by atoms with E-state index in [4.69, 9.17) is 5.73 Å². The maximum Gasteiger partial charge on any atom is 0.416 e. The molecule has 2 N–H and O–H groups in total. The topological polar surface area (TPSA) is 26.0 Å². The van der Waals surface area contributed by atoms with Gasteiger partial charge in [0.2, 0.25) is 0 Å². The molecule has 0 radical (unpaired) electrons. The van der Waals surface area contributed by atoms with Gasteiger partial charge >= 0.3 is 6.18 Å². The van der Waals surface area contributed by atoms with Crippen LogP contribution in [0.4, 0.5) is 13.2 Å². The van der Waals surface area contributed by atoms with E-state index in [2.05, 4.69) is 0 Å². The third kappa shape index (κ3) is 2.60. The third-order valence-corrected chi connectivity index (χ3v) is 4.11. The summed E-state index contributed by atoms with van der Waals surface area (Å²) in [6.07, 6.45) is -3.67. The number of hydrogen-bond acceptors (Lipinski definition) is 2. The van der Waals surface area contributed by atoms with Gasteiger partial charge in [-0.05, 0) is 37.0 Å². The fourth-order valence-electron chi connectivity index (χ4n) is 2.25. The van der Waals surface area contributed by atoms with Crippen molar-refractivity contribution in [2.75, 3.05) is 5.75 Å². The first-order chi connectivity index (χ1) is 7.89. The van der Waals surface area contributed by atoms with Crippen LogP contribution in [0.1, 0.15) is 30.4 Å². The SMILES string of the molecule is CC(N)CC1CSc2cccc(C(F)(F)F)c21. The summed E-state index contributed by atoms with van der Waals surface area (Å²) < 4.78 is 38.7. The lowest BCUT2D eigenvalue weighted by Crippen LogP contribution is -2.20. The molecule has 1 heterocycles. The molecular formula is C12H14F3NS. The average Bonchev–Trinajstić information content (AvgIpc) is 2.59. The van der Waals surface area contributed by atoms with Gasteiger partial charge in [0.1, 0.15) is 0 Å². The molecule has 0 saturated heterocycles. The van der Waals surface area contributed by atoms with E-state index >= 15 is 0 Å². The second kappa shape index (κ2) is 4.53. The van der Waals surface area contributed by atoms with Crippen molar-refractivity contribution < 1.29 is 13.2 Å². The summed E-state index contributed by atoms with van der Waals surface area (Å²) in [6.45, 7) is 1.83. The molecule has 1 aromatic carbocycles. The Balaban J connectivity index is 2.42. The molecule has 1 nitrogen and oxygen atoms in total. The Morgan fingerprint density at radius 1 is 1.47 bits per heavy atom. The Morgan fingerprint density at radius 2 is 2.18 bits per heavy atom. The highest BCUT2D eigenvalue weighted by Crippen LogP contribution is 2.47. The Kier molecular flexibility index (Phi) is 3.41. The molecule has 0 amide bonds. The number of alkyl halides is 3. The summed E-state index contributed by atoms with van der Waals surface area (Å²) >= 11 is 1.49. The molecule has 1 aromatic rings. The summed E-state index contributed by atoms with van der Waals surface area (Å²) in [7, 11) is 0. The molecule has 2 unspecified atom stereocenters. The zero-order valence-electron chi connectivity index (χ0n) is 9.42. The predicted molar refractivity (Wildman–Crippen MR) is 63.2 cm³/mol. The minimum Gasteiger partial charge on any atom is -0.328 e. The van der Waals surface area contributed by atoms with E-state index in [1.807, 2.05) is 6.92 Å². The normalized spacial score (nSPS) is 21.4. The minimum atomic E-state index is -4.27. The summed E-state index contributed by atoms with van der Waals surface area (Å²) in [5, 5.41) is 0. The molecule has 0 aromatic heterocycles. The quantitative estimate of drug-likeness (QED) is 0.879. The van der Waals surface area contributed by atoms with Gasteiger partial charge in [0, 0.05) is 16.7 Å². The van der Waals surface area contributed by atoms with Gasteiger partial charge in [-0.15, -0.1) is 11.8 Å². The highest BCUT2D eigenvalue weighted by molar-refractivity contribution is 7.99. The average molecular weight is 261 g/mol. The predicted octanol–water partition coefficient (Wildman–Crippen LogP) is 3.63. The lowest BCUT2D eigenvalue weighted by molar-refractivity contribution is -0.138. The number of hydrogen-bond donors (Lipinski definition) is 1. The minimum absolute atomic E-state index is 0.0761. The molecule has 1 aliphatic rings. The van der Waals surface area contributed by atoms with E-state index in [0.717, 1.165) is 4.90 Å². The zero-order valence-corrected chi connectivity index (χ0v) is 10.2. The Labute approximate surface area is 103 Å². The van der Waals surface area contributed by atoms with E-state index in [0.29, 0.717) is 17.7 Å². The zero-order chi connectivity index (χ0) is 12.6. The van der Waals surface area contributed by atoms with Crippen LogP contribution in [-0.2, 0) is 6.18 Å². The number of benzene rings is 1. The van der Waals surface area contributed by atoms with Crippen LogP contribution in [0.2, 0.25) is 0 Å². The maximum atomic E-state index is 12.9. The van der Waals surface area contributed by atoms with Crippen molar-refractivity contribution in [2.45, 2.75) is 36.4 Å². The standard InChI is InChI=1S/C12H14F3NS/c1-7(16)5-8-6-17-10-4-2-3-9(11(8)10)12(13,14)15/h2-4,7-8H,5-6,16H2,1H3. The molecule has 94 valence electrons. The molecule has 5 heteroatoms. The first-order valence-corrected chi connectivity index (χ1v) is 6.46. The smallest absolute Gasteiger partial charge is 0.328 e. The van der Waals surface area contributed by atoms with E-state index in [9.17, 15) is 13.2 Å². The molecule has 2 atom stereocenters. The van der Waals surface area contributed by atoms with Crippen LogP contribution < -0.4 is 5.73 Å². The van der Waals surface area contributed by atoms with Gasteiger partial charge in [0.15, 0.2) is 0 Å². The second-order valence-electron chi connectivity index (χ2n) is 4.44. The van der Waals surface area contributed by atoms with Crippen molar-refractivity contribution in [1.29, 1.82) is 0 Å². The highest BCUT2D eigenvalue weighted by atomic mass is 32.2. The van der Waals surface area contributed by atoms with Gasteiger partial charge in [-0.3, -0.25) is 0 Å². The fourth-order valence-corrected chi connectivity index (χ4v) is 3.54. The van der Waals surface area contributed by atoms with Crippen molar-refractivity contribution in [1.82, 2.24) is 0 Å². The molecule has 0 saturated carbocycles. The van der Waals surface area contributed by atoms with E-state index in [1.165, 1.54) is 23.9 Å². The number of nitrogens with two attached hydrogens (primary N) is 1. The molecular weight excluding hydrogens is 247 g/mol. The van der Waals surface area contributed by atoms with Gasteiger partial charge in [-0.2, -0.15) is 13.2 Å². The van der Waals surface area contributed by atoms with Gasteiger partial charge in [0.05, 0.1) is 5.56 Å². The van der Waals surface area contributed by atoms with Crippen LogP contribution >= 0.6 is 11.8 Å². The van der Waals surface area contributed by atoms with E-state index in [1.54, 1.807) is 6.07 Å². The molecule has 0 aliphatic carbocycles. The number of thioether (sulfide) groups is 1. The van der Waals surface area contributed by atoms with Gasteiger partial charge in [-0.1, -0.05) is 6.07 Å². The van der Waals surface area contributed by atoms with Gasteiger partial charge in [0.25, 0.3) is 0 Å². The molecule has 2 rings (SSSR count). The van der Waals surface area contributed by atoms with Crippen LogP contribution in [-0.4, -0.2) is 11.8 Å². The number of rotatable bonds is 2. The molecule has 1 aliphatic heterocycles. The van der Waals surface area contributed by atoms with Crippen LogP contribution in [0, 0.1) is 0 Å². The molecule has 17 heavy (non-hydrogen) atoms. The van der Waals surface area contributed by atoms with Crippen molar-refractivity contribution in [3.8, 4) is 0 Å². The van der Waals surface area contributed by atoms with Crippen molar-refractivity contribution in [3.63, 3.8) is 0 Å². The maximum absolute atomic E-state index is 12.9. The number of fused-ring (bicyclic) bond motifs is 1. The molecule has 0 fully saturated rings. The largest absolute Gasteiger partial charge is 0.416 e. The molecule has 0 bridgehead atoms. The Morgan fingerprint density at radius 3 is 2.76 bits per heavy atom. The van der Waals surface area contributed by atoms with Crippen LogP contribution in [0.5, 0.6) is 0 Å².